The molecule has 4 nitrogen and oxygen atoms in total. The van der Waals surface area contributed by atoms with Crippen LogP contribution >= 0.6 is 11.3 Å². The first-order chi connectivity index (χ1) is 11.7. The van der Waals surface area contributed by atoms with Crippen molar-refractivity contribution in [1.29, 1.82) is 5.26 Å². The molecule has 0 radical (unpaired) electrons. The van der Waals surface area contributed by atoms with Crippen molar-refractivity contribution in [3.8, 4) is 17.3 Å². The lowest BCUT2D eigenvalue weighted by Gasteiger charge is -2.01. The molecule has 5 heteroatoms. The van der Waals surface area contributed by atoms with Gasteiger partial charge in [0.1, 0.15) is 5.01 Å². The molecule has 116 valence electrons. The van der Waals surface area contributed by atoms with Crippen LogP contribution in [-0.2, 0) is 0 Å². The summed E-state index contributed by atoms with van der Waals surface area (Å²) in [5.74, 6) is -1.23. The number of aromatic carboxylic acids is 1. The maximum atomic E-state index is 11.4. The summed E-state index contributed by atoms with van der Waals surface area (Å²) in [6, 6.07) is 18.3. The second-order valence-corrected chi connectivity index (χ2v) is 5.98. The van der Waals surface area contributed by atoms with Gasteiger partial charge in [0.2, 0.25) is 0 Å². The zero-order chi connectivity index (χ0) is 16.9. The Kier molecular flexibility index (Phi) is 4.50. The van der Waals surface area contributed by atoms with Gasteiger partial charge in [0.05, 0.1) is 28.2 Å². The van der Waals surface area contributed by atoms with Crippen LogP contribution in [0, 0.1) is 11.3 Å². The van der Waals surface area contributed by atoms with Gasteiger partial charge in [-0.2, -0.15) is 5.26 Å². The van der Waals surface area contributed by atoms with Crippen LogP contribution in [0.2, 0.25) is 0 Å². The molecule has 0 aliphatic heterocycles. The Labute approximate surface area is 143 Å². The van der Waals surface area contributed by atoms with Gasteiger partial charge in [-0.05, 0) is 23.8 Å². The number of nitrogens with zero attached hydrogens (tertiary/aromatic N) is 2. The molecule has 2 aromatic carbocycles. The highest BCUT2D eigenvalue weighted by Crippen LogP contribution is 2.28. The van der Waals surface area contributed by atoms with E-state index in [4.69, 9.17) is 5.26 Å². The Hall–Kier alpha value is -3.23. The number of thiazole rings is 1. The highest BCUT2D eigenvalue weighted by molar-refractivity contribution is 7.14. The highest BCUT2D eigenvalue weighted by Gasteiger charge is 2.12. The summed E-state index contributed by atoms with van der Waals surface area (Å²) < 4.78 is 0. The maximum absolute atomic E-state index is 11.4. The van der Waals surface area contributed by atoms with Gasteiger partial charge in [0.15, 0.2) is 0 Å². The number of hydrogen-bond donors (Lipinski definition) is 0. The standard InChI is InChI=1S/C19H12N2O2S/c20-12-14-8-6-13(7-9-14)10-11-16-21-17(18(24-16)19(22)23)15-4-2-1-3-5-15/h1-11H,(H,22,23)/p-1/b11-10+. The van der Waals surface area contributed by atoms with E-state index in [2.05, 4.69) is 11.1 Å². The predicted molar refractivity (Wildman–Crippen MR) is 92.0 cm³/mol. The van der Waals surface area contributed by atoms with E-state index in [1.165, 1.54) is 0 Å². The first-order valence-corrected chi connectivity index (χ1v) is 7.95. The molecule has 3 rings (SSSR count). The molecule has 0 bridgehead atoms. The molecule has 0 spiro atoms. The van der Waals surface area contributed by atoms with Crippen LogP contribution < -0.4 is 5.11 Å². The van der Waals surface area contributed by atoms with Gasteiger partial charge in [-0.3, -0.25) is 0 Å². The summed E-state index contributed by atoms with van der Waals surface area (Å²) in [5.41, 5.74) is 2.65. The molecule has 3 aromatic rings. The monoisotopic (exact) mass is 331 g/mol. The topological polar surface area (TPSA) is 76.8 Å². The summed E-state index contributed by atoms with van der Waals surface area (Å²) in [5, 5.41) is 20.7. The summed E-state index contributed by atoms with van der Waals surface area (Å²) >= 11 is 1.08. The second-order valence-electron chi connectivity index (χ2n) is 4.95. The molecular formula is C19H11N2O2S-. The van der Waals surface area contributed by atoms with Crippen molar-refractivity contribution < 1.29 is 9.90 Å². The van der Waals surface area contributed by atoms with E-state index in [1.807, 2.05) is 48.5 Å². The van der Waals surface area contributed by atoms with Crippen LogP contribution in [-0.4, -0.2) is 11.0 Å². The molecule has 1 aromatic heterocycles. The minimum atomic E-state index is -1.23. The zero-order valence-corrected chi connectivity index (χ0v) is 13.3. The van der Waals surface area contributed by atoms with Gasteiger partial charge in [0, 0.05) is 5.56 Å². The minimum absolute atomic E-state index is 0.112. The molecule has 0 saturated heterocycles. The molecular weight excluding hydrogens is 320 g/mol. The molecule has 0 aliphatic rings. The third kappa shape index (κ3) is 3.40. The molecule has 0 atom stereocenters. The molecule has 0 N–H and O–H groups in total. The fourth-order valence-electron chi connectivity index (χ4n) is 2.17. The lowest BCUT2D eigenvalue weighted by molar-refractivity contribution is -0.254. The summed E-state index contributed by atoms with van der Waals surface area (Å²) in [6.07, 6.45) is 3.58. The number of hydrogen-bond acceptors (Lipinski definition) is 5. The Balaban J connectivity index is 1.93. The average molecular weight is 331 g/mol. The number of carboxylic acid groups (broad SMARTS) is 1. The average Bonchev–Trinajstić information content (AvgIpc) is 3.06. The number of carbonyl (C=O) groups is 1. The zero-order valence-electron chi connectivity index (χ0n) is 12.5. The van der Waals surface area contributed by atoms with Crippen LogP contribution in [0.15, 0.2) is 54.6 Å². The van der Waals surface area contributed by atoms with E-state index in [0.717, 1.165) is 22.5 Å². The maximum Gasteiger partial charge on any atom is 0.117 e. The van der Waals surface area contributed by atoms with Crippen LogP contribution in [0.5, 0.6) is 0 Å². The van der Waals surface area contributed by atoms with Crippen LogP contribution in [0.25, 0.3) is 23.4 Å². The predicted octanol–water partition coefficient (Wildman–Crippen LogP) is 3.22. The van der Waals surface area contributed by atoms with E-state index in [-0.39, 0.29) is 4.88 Å². The number of rotatable bonds is 4. The van der Waals surface area contributed by atoms with Gasteiger partial charge in [-0.25, -0.2) is 4.98 Å². The molecule has 0 aliphatic carbocycles. The fraction of sp³-hybridized carbons (Fsp3) is 0. The van der Waals surface area contributed by atoms with Crippen molar-refractivity contribution in [2.75, 3.05) is 0 Å². The van der Waals surface area contributed by atoms with Gasteiger partial charge in [-0.1, -0.05) is 48.5 Å². The van der Waals surface area contributed by atoms with Crippen molar-refractivity contribution >= 4 is 29.5 Å². The fourth-order valence-corrected chi connectivity index (χ4v) is 3.00. The van der Waals surface area contributed by atoms with Crippen LogP contribution in [0.1, 0.15) is 25.8 Å². The summed E-state index contributed by atoms with van der Waals surface area (Å²) in [4.78, 5) is 15.9. The van der Waals surface area contributed by atoms with E-state index >= 15 is 0 Å². The third-order valence-corrected chi connectivity index (χ3v) is 4.34. The Morgan fingerprint density at radius 1 is 1.08 bits per heavy atom. The first-order valence-electron chi connectivity index (χ1n) is 7.13. The third-order valence-electron chi connectivity index (χ3n) is 3.33. The van der Waals surface area contributed by atoms with Crippen LogP contribution in [0.3, 0.4) is 0 Å². The quantitative estimate of drug-likeness (QED) is 0.735. The SMILES string of the molecule is N#Cc1ccc(/C=C/c2nc(-c3ccccc3)c(C(=O)[O-])s2)cc1. The molecule has 0 saturated carbocycles. The lowest BCUT2D eigenvalue weighted by atomic mass is 10.1. The number of carbonyl (C=O) groups excluding carboxylic acids is 1. The van der Waals surface area contributed by atoms with Crippen molar-refractivity contribution in [3.05, 3.63) is 75.6 Å². The number of nitriles is 1. The van der Waals surface area contributed by atoms with Gasteiger partial charge < -0.3 is 9.90 Å². The molecule has 1 heterocycles. The van der Waals surface area contributed by atoms with Gasteiger partial charge in [0.25, 0.3) is 0 Å². The van der Waals surface area contributed by atoms with Gasteiger partial charge >= 0.3 is 0 Å². The van der Waals surface area contributed by atoms with E-state index < -0.39 is 5.97 Å². The smallest absolute Gasteiger partial charge is 0.117 e. The molecule has 0 amide bonds. The Bertz CT molecular complexity index is 936. The van der Waals surface area contributed by atoms with Gasteiger partial charge in [-0.15, -0.1) is 11.3 Å². The van der Waals surface area contributed by atoms with Crippen molar-refractivity contribution in [2.24, 2.45) is 0 Å². The summed E-state index contributed by atoms with van der Waals surface area (Å²) in [7, 11) is 0. The number of carboxylic acids is 1. The normalized spacial score (nSPS) is 10.6. The van der Waals surface area contributed by atoms with E-state index in [9.17, 15) is 9.90 Å². The largest absolute Gasteiger partial charge is 0.544 e. The summed E-state index contributed by atoms with van der Waals surface area (Å²) in [6.45, 7) is 0. The molecule has 0 fully saturated rings. The van der Waals surface area contributed by atoms with E-state index in [0.29, 0.717) is 16.3 Å². The number of benzene rings is 2. The molecule has 24 heavy (non-hydrogen) atoms. The molecule has 0 unspecified atom stereocenters. The Morgan fingerprint density at radius 2 is 1.79 bits per heavy atom. The Morgan fingerprint density at radius 3 is 2.42 bits per heavy atom. The highest BCUT2D eigenvalue weighted by atomic mass is 32.1. The number of aromatic nitrogens is 1. The first kappa shape index (κ1) is 15.7. The van der Waals surface area contributed by atoms with Crippen molar-refractivity contribution in [1.82, 2.24) is 4.98 Å². The second kappa shape index (κ2) is 6.90. The van der Waals surface area contributed by atoms with Crippen molar-refractivity contribution in [3.63, 3.8) is 0 Å². The van der Waals surface area contributed by atoms with Crippen LogP contribution in [0.4, 0.5) is 0 Å². The lowest BCUT2D eigenvalue weighted by Crippen LogP contribution is -2.21. The van der Waals surface area contributed by atoms with E-state index in [1.54, 1.807) is 18.2 Å². The minimum Gasteiger partial charge on any atom is -0.544 e. The van der Waals surface area contributed by atoms with Crippen molar-refractivity contribution in [2.45, 2.75) is 0 Å².